The van der Waals surface area contributed by atoms with Gasteiger partial charge in [-0.15, -0.1) is 0 Å². The third-order valence-electron chi connectivity index (χ3n) is 2.13. The number of aromatic nitrogens is 3. The molecular formula is C10H10FN5O2. The normalized spacial score (nSPS) is 10.3. The smallest absolute Gasteiger partial charge is 0.254 e. The van der Waals surface area contributed by atoms with Gasteiger partial charge in [0.2, 0.25) is 5.89 Å². The van der Waals surface area contributed by atoms with Crippen LogP contribution < -0.4 is 11.1 Å². The summed E-state index contributed by atoms with van der Waals surface area (Å²) >= 11 is 0. The number of hydrogen-bond acceptors (Lipinski definition) is 6. The molecule has 0 aliphatic carbocycles. The Morgan fingerprint density at radius 2 is 2.39 bits per heavy atom. The molecule has 8 heteroatoms. The van der Waals surface area contributed by atoms with E-state index >= 15 is 0 Å². The summed E-state index contributed by atoms with van der Waals surface area (Å²) in [5.74, 6) is -1.10. The number of amides is 1. The molecule has 18 heavy (non-hydrogen) atoms. The summed E-state index contributed by atoms with van der Waals surface area (Å²) in [6, 6.07) is 1.24. The molecule has 0 radical (unpaired) electrons. The van der Waals surface area contributed by atoms with Crippen LogP contribution in [0.4, 0.5) is 10.2 Å². The predicted octanol–water partition coefficient (Wildman–Crippen LogP) is 0.424. The highest BCUT2D eigenvalue weighted by Gasteiger charge is 2.15. The molecule has 0 fully saturated rings. The molecule has 2 rings (SSSR count). The van der Waals surface area contributed by atoms with Gasteiger partial charge in [0.1, 0.15) is 0 Å². The van der Waals surface area contributed by atoms with Crippen LogP contribution >= 0.6 is 0 Å². The van der Waals surface area contributed by atoms with Crippen molar-refractivity contribution in [2.24, 2.45) is 0 Å². The Morgan fingerprint density at radius 1 is 1.61 bits per heavy atom. The number of pyridine rings is 1. The van der Waals surface area contributed by atoms with Gasteiger partial charge in [-0.2, -0.15) is 4.98 Å². The Bertz CT molecular complexity index is 583. The summed E-state index contributed by atoms with van der Waals surface area (Å²) in [5, 5.41) is 6.00. The van der Waals surface area contributed by atoms with E-state index in [0.717, 1.165) is 0 Å². The number of carbonyl (C=O) groups is 1. The van der Waals surface area contributed by atoms with Gasteiger partial charge in [0.25, 0.3) is 5.91 Å². The van der Waals surface area contributed by atoms with Crippen LogP contribution in [0.1, 0.15) is 22.1 Å². The lowest BCUT2D eigenvalue weighted by Crippen LogP contribution is -2.24. The van der Waals surface area contributed by atoms with Gasteiger partial charge in [-0.1, -0.05) is 5.16 Å². The first kappa shape index (κ1) is 12.0. The molecule has 0 bridgehead atoms. The molecule has 2 aromatic heterocycles. The highest BCUT2D eigenvalue weighted by atomic mass is 19.1. The highest BCUT2D eigenvalue weighted by Crippen LogP contribution is 2.11. The van der Waals surface area contributed by atoms with Crippen LogP contribution in [0.2, 0.25) is 0 Å². The molecule has 0 aliphatic rings. The summed E-state index contributed by atoms with van der Waals surface area (Å²) in [7, 11) is 0. The topological polar surface area (TPSA) is 107 Å². The van der Waals surface area contributed by atoms with Crippen LogP contribution in [-0.2, 0) is 6.54 Å². The molecular weight excluding hydrogens is 241 g/mol. The van der Waals surface area contributed by atoms with Gasteiger partial charge in [-0.3, -0.25) is 4.79 Å². The van der Waals surface area contributed by atoms with Gasteiger partial charge in [0.05, 0.1) is 12.1 Å². The Labute approximate surface area is 101 Å². The van der Waals surface area contributed by atoms with Crippen LogP contribution in [0.5, 0.6) is 0 Å². The first-order valence-corrected chi connectivity index (χ1v) is 5.05. The first-order chi connectivity index (χ1) is 8.58. The van der Waals surface area contributed by atoms with Crippen molar-refractivity contribution < 1.29 is 13.7 Å². The van der Waals surface area contributed by atoms with Gasteiger partial charge in [-0.05, 0) is 13.0 Å². The average Bonchev–Trinajstić information content (AvgIpc) is 2.76. The number of nitrogen functional groups attached to an aromatic ring is 1. The number of hydrogen-bond donors (Lipinski definition) is 2. The third-order valence-corrected chi connectivity index (χ3v) is 2.13. The van der Waals surface area contributed by atoms with Gasteiger partial charge >= 0.3 is 0 Å². The maximum absolute atomic E-state index is 13.5. The number of halogens is 1. The molecule has 0 unspecified atom stereocenters. The van der Waals surface area contributed by atoms with Gasteiger partial charge in [-0.25, -0.2) is 9.37 Å². The van der Waals surface area contributed by atoms with Crippen molar-refractivity contribution in [3.05, 3.63) is 35.4 Å². The lowest BCUT2D eigenvalue weighted by atomic mass is 10.2. The monoisotopic (exact) mass is 251 g/mol. The molecule has 1 amide bonds. The fraction of sp³-hybridized carbons (Fsp3) is 0.200. The Balaban J connectivity index is 2.06. The highest BCUT2D eigenvalue weighted by molar-refractivity contribution is 5.94. The molecule has 0 saturated carbocycles. The standard InChI is InChI=1S/C10H10FN5O2/c1-5-15-7(18-16-5)4-14-10(17)6-2-3-13-9(12)8(6)11/h2-3H,4H2,1H3,(H2,12,13)(H,14,17). The third kappa shape index (κ3) is 2.42. The van der Waals surface area contributed by atoms with Crippen molar-refractivity contribution in [1.82, 2.24) is 20.4 Å². The first-order valence-electron chi connectivity index (χ1n) is 5.05. The van der Waals surface area contributed by atoms with Crippen molar-refractivity contribution in [1.29, 1.82) is 0 Å². The zero-order valence-corrected chi connectivity index (χ0v) is 9.48. The SMILES string of the molecule is Cc1noc(CNC(=O)c2ccnc(N)c2F)n1. The largest absolute Gasteiger partial charge is 0.381 e. The predicted molar refractivity (Wildman–Crippen MR) is 58.8 cm³/mol. The maximum atomic E-state index is 13.5. The van der Waals surface area contributed by atoms with E-state index in [4.69, 9.17) is 10.3 Å². The molecule has 2 heterocycles. The van der Waals surface area contributed by atoms with Crippen LogP contribution in [0.15, 0.2) is 16.8 Å². The van der Waals surface area contributed by atoms with E-state index in [1.165, 1.54) is 12.3 Å². The van der Waals surface area contributed by atoms with Crippen molar-refractivity contribution in [2.75, 3.05) is 5.73 Å². The number of nitrogens with two attached hydrogens (primary N) is 1. The molecule has 0 spiro atoms. The number of rotatable bonds is 3. The molecule has 3 N–H and O–H groups in total. The van der Waals surface area contributed by atoms with Crippen LogP contribution in [0.3, 0.4) is 0 Å². The van der Waals surface area contributed by atoms with Crippen molar-refractivity contribution in [3.63, 3.8) is 0 Å². The number of anilines is 1. The van der Waals surface area contributed by atoms with E-state index in [9.17, 15) is 9.18 Å². The summed E-state index contributed by atoms with van der Waals surface area (Å²) in [6.07, 6.45) is 1.25. The minimum Gasteiger partial charge on any atom is -0.381 e. The molecule has 2 aromatic rings. The van der Waals surface area contributed by atoms with E-state index in [0.29, 0.717) is 5.82 Å². The molecule has 0 atom stereocenters. The summed E-state index contributed by atoms with van der Waals surface area (Å²) in [5.41, 5.74) is 5.08. The Kier molecular flexibility index (Phi) is 3.18. The quantitative estimate of drug-likeness (QED) is 0.818. The fourth-order valence-electron chi connectivity index (χ4n) is 1.30. The van der Waals surface area contributed by atoms with E-state index < -0.39 is 11.7 Å². The average molecular weight is 251 g/mol. The van der Waals surface area contributed by atoms with Crippen molar-refractivity contribution in [2.45, 2.75) is 13.5 Å². The van der Waals surface area contributed by atoms with Crippen LogP contribution in [0, 0.1) is 12.7 Å². The second-order valence-corrected chi connectivity index (χ2v) is 3.48. The Morgan fingerprint density at radius 3 is 3.06 bits per heavy atom. The minimum absolute atomic E-state index is 0.0152. The number of carbonyl (C=O) groups excluding carboxylic acids is 1. The number of aryl methyl sites for hydroxylation is 1. The zero-order chi connectivity index (χ0) is 13.1. The maximum Gasteiger partial charge on any atom is 0.254 e. The second-order valence-electron chi connectivity index (χ2n) is 3.48. The molecule has 0 aliphatic heterocycles. The van der Waals surface area contributed by atoms with E-state index in [1.807, 2.05) is 0 Å². The van der Waals surface area contributed by atoms with Gasteiger partial charge in [0.15, 0.2) is 17.5 Å². The fourth-order valence-corrected chi connectivity index (χ4v) is 1.30. The van der Waals surface area contributed by atoms with E-state index in [1.54, 1.807) is 6.92 Å². The molecule has 7 nitrogen and oxygen atoms in total. The van der Waals surface area contributed by atoms with Crippen LogP contribution in [-0.4, -0.2) is 21.0 Å². The van der Waals surface area contributed by atoms with Gasteiger partial charge in [0, 0.05) is 6.20 Å². The number of nitrogens with one attached hydrogen (secondary N) is 1. The lowest BCUT2D eigenvalue weighted by molar-refractivity contribution is 0.0942. The van der Waals surface area contributed by atoms with Gasteiger partial charge < -0.3 is 15.6 Å². The summed E-state index contributed by atoms with van der Waals surface area (Å²) in [4.78, 5) is 19.1. The lowest BCUT2D eigenvalue weighted by Gasteiger charge is -2.04. The van der Waals surface area contributed by atoms with E-state index in [2.05, 4.69) is 20.4 Å². The second kappa shape index (κ2) is 4.78. The summed E-state index contributed by atoms with van der Waals surface area (Å²) in [6.45, 7) is 1.67. The van der Waals surface area contributed by atoms with Crippen molar-refractivity contribution in [3.8, 4) is 0 Å². The molecule has 0 saturated heterocycles. The molecule has 0 aromatic carbocycles. The number of nitrogens with zero attached hydrogens (tertiary/aromatic N) is 3. The summed E-state index contributed by atoms with van der Waals surface area (Å²) < 4.78 is 18.3. The Hall–Kier alpha value is -2.51. The van der Waals surface area contributed by atoms with Crippen LogP contribution in [0.25, 0.3) is 0 Å². The minimum atomic E-state index is -0.850. The zero-order valence-electron chi connectivity index (χ0n) is 9.48. The molecule has 94 valence electrons. The van der Waals surface area contributed by atoms with Crippen molar-refractivity contribution >= 4 is 11.7 Å². The van der Waals surface area contributed by atoms with E-state index in [-0.39, 0.29) is 23.8 Å².